The lowest BCUT2D eigenvalue weighted by Gasteiger charge is -2.30. The quantitative estimate of drug-likeness (QED) is 0.0212. The predicted octanol–water partition coefficient (Wildman–Crippen LogP) is 23.9. The zero-order valence-electron chi connectivity index (χ0n) is 59.0. The number of likely N-dealkylation sites (N-methyl/N-ethyl adjacent to an activating group) is 1. The largest absolute Gasteiger partial charge is 0.756 e. The Kier molecular flexibility index (Phi) is 65.8. The van der Waals surface area contributed by atoms with E-state index in [1.807, 2.05) is 33.3 Å². The van der Waals surface area contributed by atoms with Crippen molar-refractivity contribution in [1.29, 1.82) is 0 Å². The molecule has 0 bridgehead atoms. The molecule has 0 radical (unpaired) electrons. The number of quaternary nitrogens is 1. The van der Waals surface area contributed by atoms with Crippen LogP contribution < -0.4 is 10.2 Å². The van der Waals surface area contributed by atoms with Crippen LogP contribution in [0.1, 0.15) is 393 Å². The zero-order chi connectivity index (χ0) is 63.5. The van der Waals surface area contributed by atoms with Crippen molar-refractivity contribution < 1.29 is 37.3 Å². The SMILES string of the molecule is CCCCC/C=C\C/C=C\CCCCCCCCCCCCCCCCCC(=O)NC(COP(=O)([O-])OCC[N+](C)(C)C)C(/C=C/CCCCCCCCCCCCC)OC(=O)CCCCCCCCCCCCCCCCCCCCCCCCC. The lowest BCUT2D eigenvalue weighted by molar-refractivity contribution is -0.870. The molecule has 0 saturated heterocycles. The third kappa shape index (κ3) is 68.4. The van der Waals surface area contributed by atoms with Crippen LogP contribution in [0.5, 0.6) is 0 Å². The van der Waals surface area contributed by atoms with E-state index in [0.29, 0.717) is 17.4 Å². The maximum atomic E-state index is 13.6. The van der Waals surface area contributed by atoms with Gasteiger partial charge in [0.25, 0.3) is 7.82 Å². The molecule has 87 heavy (non-hydrogen) atoms. The Morgan fingerprint density at radius 3 is 1.06 bits per heavy atom. The lowest BCUT2D eigenvalue weighted by Crippen LogP contribution is -2.47. The number of phosphoric acid groups is 1. The number of hydrogen-bond donors (Lipinski definition) is 1. The Hall–Kier alpha value is -1.77. The highest BCUT2D eigenvalue weighted by Crippen LogP contribution is 2.38. The van der Waals surface area contributed by atoms with E-state index in [1.54, 1.807) is 0 Å². The Morgan fingerprint density at radius 2 is 0.701 bits per heavy atom. The summed E-state index contributed by atoms with van der Waals surface area (Å²) in [5.41, 5.74) is 0. The number of esters is 1. The van der Waals surface area contributed by atoms with E-state index in [0.717, 1.165) is 64.2 Å². The number of carbonyl (C=O) groups is 2. The molecule has 1 N–H and O–H groups in total. The van der Waals surface area contributed by atoms with Crippen LogP contribution in [0.4, 0.5) is 0 Å². The van der Waals surface area contributed by atoms with E-state index in [9.17, 15) is 19.0 Å². The fourth-order valence-corrected chi connectivity index (χ4v) is 12.4. The summed E-state index contributed by atoms with van der Waals surface area (Å²) in [6.45, 7) is 6.90. The van der Waals surface area contributed by atoms with Crippen LogP contribution in [0.15, 0.2) is 36.5 Å². The fourth-order valence-electron chi connectivity index (χ4n) is 11.7. The molecule has 3 unspecified atom stereocenters. The van der Waals surface area contributed by atoms with Crippen molar-refractivity contribution >= 4 is 19.7 Å². The molecule has 514 valence electrons. The van der Waals surface area contributed by atoms with E-state index in [2.05, 4.69) is 50.4 Å². The maximum absolute atomic E-state index is 13.6. The standard InChI is InChI=1S/C77H149N2O7P/c1-7-10-13-16-19-22-25-28-30-32-34-36-38-39-41-42-44-46-48-51-54-57-60-63-66-69-76(80)78-74(73-85-87(82,83)84-72-71-79(4,5)6)75(68-65-62-59-56-53-50-27-24-21-18-15-12-9-3)86-77(81)70-67-64-61-58-55-52-49-47-45-43-40-37-35-33-31-29-26-23-20-17-14-11-8-2/h19,22,28,30,65,68,74-75H,7-18,20-21,23-27,29,31-64,66-67,69-73H2,1-6H3,(H-,78,80,82,83)/b22-19-,30-28-,68-65+. The van der Waals surface area contributed by atoms with Crippen molar-refractivity contribution in [3.05, 3.63) is 36.5 Å². The highest BCUT2D eigenvalue weighted by molar-refractivity contribution is 7.45. The average molecular weight is 1250 g/mol. The van der Waals surface area contributed by atoms with Crippen molar-refractivity contribution in [2.45, 2.75) is 405 Å². The Morgan fingerprint density at radius 1 is 0.402 bits per heavy atom. The van der Waals surface area contributed by atoms with Crippen molar-refractivity contribution in [2.24, 2.45) is 0 Å². The van der Waals surface area contributed by atoms with Gasteiger partial charge in [-0.15, -0.1) is 0 Å². The number of nitrogens with one attached hydrogen (secondary N) is 1. The summed E-state index contributed by atoms with van der Waals surface area (Å²) in [5, 5.41) is 3.06. The van der Waals surface area contributed by atoms with Crippen molar-refractivity contribution in [2.75, 3.05) is 40.9 Å². The van der Waals surface area contributed by atoms with Crippen molar-refractivity contribution in [3.63, 3.8) is 0 Å². The number of carbonyl (C=O) groups excluding carboxylic acids is 2. The molecule has 9 nitrogen and oxygen atoms in total. The molecule has 0 aromatic rings. The van der Waals surface area contributed by atoms with Gasteiger partial charge in [0.15, 0.2) is 0 Å². The first-order valence-electron chi connectivity index (χ1n) is 38.3. The number of allylic oxidation sites excluding steroid dienone is 5. The summed E-state index contributed by atoms with van der Waals surface area (Å²) in [6, 6.07) is -0.885. The fraction of sp³-hybridized carbons (Fsp3) is 0.896. The molecular formula is C77H149N2O7P. The molecule has 0 saturated carbocycles. The van der Waals surface area contributed by atoms with Crippen LogP contribution in [-0.2, 0) is 27.9 Å². The van der Waals surface area contributed by atoms with Gasteiger partial charge in [-0.1, -0.05) is 353 Å². The first-order valence-corrected chi connectivity index (χ1v) is 39.8. The summed E-state index contributed by atoms with van der Waals surface area (Å²) >= 11 is 0. The predicted molar refractivity (Wildman–Crippen MR) is 376 cm³/mol. The zero-order valence-corrected chi connectivity index (χ0v) is 59.9. The van der Waals surface area contributed by atoms with Gasteiger partial charge < -0.3 is 28.5 Å². The Balaban J connectivity index is 4.99. The second kappa shape index (κ2) is 67.1. The summed E-state index contributed by atoms with van der Waals surface area (Å²) in [4.78, 5) is 40.3. The molecule has 0 aliphatic rings. The molecule has 0 aliphatic heterocycles. The Bertz CT molecular complexity index is 1580. The van der Waals surface area contributed by atoms with E-state index in [-0.39, 0.29) is 31.5 Å². The van der Waals surface area contributed by atoms with Gasteiger partial charge in [0, 0.05) is 12.8 Å². The number of amides is 1. The third-order valence-electron chi connectivity index (χ3n) is 17.6. The normalized spacial score (nSPS) is 13.6. The van der Waals surface area contributed by atoms with Crippen LogP contribution in [0, 0.1) is 0 Å². The monoisotopic (exact) mass is 1250 g/mol. The summed E-state index contributed by atoms with van der Waals surface area (Å²) in [7, 11) is 1.21. The van der Waals surface area contributed by atoms with Crippen LogP contribution in [0.2, 0.25) is 0 Å². The molecule has 0 aromatic carbocycles. The number of hydrogen-bond acceptors (Lipinski definition) is 7. The smallest absolute Gasteiger partial charge is 0.306 e. The molecule has 0 aliphatic carbocycles. The molecule has 0 aromatic heterocycles. The van der Waals surface area contributed by atoms with Crippen LogP contribution in [0.3, 0.4) is 0 Å². The van der Waals surface area contributed by atoms with Crippen LogP contribution in [0.25, 0.3) is 0 Å². The summed E-state index contributed by atoms with van der Waals surface area (Å²) < 4.78 is 30.5. The number of unbranched alkanes of at least 4 members (excludes halogenated alkanes) is 51. The van der Waals surface area contributed by atoms with E-state index >= 15 is 0 Å². The van der Waals surface area contributed by atoms with E-state index < -0.39 is 20.0 Å². The molecule has 0 rings (SSSR count). The van der Waals surface area contributed by atoms with E-state index in [1.165, 1.54) is 295 Å². The van der Waals surface area contributed by atoms with Gasteiger partial charge in [-0.25, -0.2) is 0 Å². The van der Waals surface area contributed by atoms with Gasteiger partial charge >= 0.3 is 5.97 Å². The van der Waals surface area contributed by atoms with Gasteiger partial charge in [-0.3, -0.25) is 14.2 Å². The highest BCUT2D eigenvalue weighted by Gasteiger charge is 2.27. The first kappa shape index (κ1) is 85.2. The Labute approximate surface area is 542 Å². The maximum Gasteiger partial charge on any atom is 0.306 e. The van der Waals surface area contributed by atoms with Gasteiger partial charge in [-0.05, 0) is 63.9 Å². The topological polar surface area (TPSA) is 114 Å². The molecule has 1 amide bonds. The average Bonchev–Trinajstić information content (AvgIpc) is 3.70. The molecule has 0 fully saturated rings. The molecule has 3 atom stereocenters. The van der Waals surface area contributed by atoms with Crippen LogP contribution >= 0.6 is 7.82 Å². The second-order valence-corrected chi connectivity index (χ2v) is 28.9. The minimum atomic E-state index is -4.70. The lowest BCUT2D eigenvalue weighted by atomic mass is 10.0. The number of nitrogens with zero attached hydrogens (tertiary/aromatic N) is 1. The summed E-state index contributed by atoms with van der Waals surface area (Å²) in [5.74, 6) is -0.516. The van der Waals surface area contributed by atoms with Gasteiger partial charge in [0.2, 0.25) is 5.91 Å². The van der Waals surface area contributed by atoms with Gasteiger partial charge in [0.1, 0.15) is 19.3 Å². The summed E-state index contributed by atoms with van der Waals surface area (Å²) in [6.07, 6.45) is 84.2. The minimum absolute atomic E-state index is 0.0187. The van der Waals surface area contributed by atoms with Crippen molar-refractivity contribution in [3.8, 4) is 0 Å². The van der Waals surface area contributed by atoms with E-state index in [4.69, 9.17) is 13.8 Å². The van der Waals surface area contributed by atoms with Crippen LogP contribution in [-0.4, -0.2) is 69.4 Å². The van der Waals surface area contributed by atoms with Crippen molar-refractivity contribution in [1.82, 2.24) is 5.32 Å². The third-order valence-corrected chi connectivity index (χ3v) is 18.5. The molecule has 10 heteroatoms. The number of rotatable bonds is 71. The number of phosphoric ester groups is 1. The van der Waals surface area contributed by atoms with Gasteiger partial charge in [-0.2, -0.15) is 0 Å². The van der Waals surface area contributed by atoms with Gasteiger partial charge in [0.05, 0.1) is 33.8 Å². The second-order valence-electron chi connectivity index (χ2n) is 27.5. The molecular weight excluding hydrogens is 1100 g/mol. The molecule has 0 spiro atoms. The number of ether oxygens (including phenoxy) is 1. The molecule has 0 heterocycles. The highest BCUT2D eigenvalue weighted by atomic mass is 31.2. The first-order chi connectivity index (χ1) is 42.4. The minimum Gasteiger partial charge on any atom is -0.756 e.